The van der Waals surface area contributed by atoms with Gasteiger partial charge >= 0.3 is 0 Å². The Bertz CT molecular complexity index is 1800. The monoisotopic (exact) mass is 631 g/mol. The van der Waals surface area contributed by atoms with E-state index >= 15 is 0 Å². The Hall–Kier alpha value is -3.64. The Morgan fingerprint density at radius 2 is 1.77 bits per heavy atom. The number of thiophene rings is 1. The van der Waals surface area contributed by atoms with Crippen molar-refractivity contribution < 1.29 is 18.0 Å². The first-order valence-electron chi connectivity index (χ1n) is 15.0. The highest BCUT2D eigenvalue weighted by Crippen LogP contribution is 2.38. The van der Waals surface area contributed by atoms with Crippen molar-refractivity contribution in [3.05, 3.63) is 99.2 Å². The van der Waals surface area contributed by atoms with Gasteiger partial charge in [0.15, 0.2) is 0 Å². The van der Waals surface area contributed by atoms with E-state index in [1.54, 1.807) is 4.31 Å². The molecule has 44 heavy (non-hydrogen) atoms. The molecule has 6 rings (SSSR count). The Morgan fingerprint density at radius 1 is 1.02 bits per heavy atom. The van der Waals surface area contributed by atoms with E-state index in [0.717, 1.165) is 54.2 Å². The summed E-state index contributed by atoms with van der Waals surface area (Å²) >= 11 is 1.42. The number of rotatable bonds is 7. The lowest BCUT2D eigenvalue weighted by Crippen LogP contribution is -2.41. The SMILES string of the molecule is Cc1cc(C)n(C(=O)c2c(NC(=O)c3ccc(S(=O)(=O)N4CCCCC4C)cc3)sc3c2CCN(Cc2ccccc2)C3)n1. The summed E-state index contributed by atoms with van der Waals surface area (Å²) in [4.78, 5) is 31.0. The van der Waals surface area contributed by atoms with E-state index in [4.69, 9.17) is 0 Å². The Labute approximate surface area is 262 Å². The lowest BCUT2D eigenvalue weighted by molar-refractivity contribution is 0.0942. The van der Waals surface area contributed by atoms with Crippen molar-refractivity contribution in [1.82, 2.24) is 19.0 Å². The number of aryl methyl sites for hydroxylation is 2. The summed E-state index contributed by atoms with van der Waals surface area (Å²) in [6.07, 6.45) is 3.38. The number of hydrogen-bond acceptors (Lipinski definition) is 7. The molecule has 1 unspecified atom stereocenters. The third-order valence-corrected chi connectivity index (χ3v) is 11.7. The van der Waals surface area contributed by atoms with Gasteiger partial charge in [0.05, 0.1) is 16.2 Å². The topological polar surface area (TPSA) is 105 Å². The van der Waals surface area contributed by atoms with E-state index < -0.39 is 15.9 Å². The summed E-state index contributed by atoms with van der Waals surface area (Å²) in [6, 6.07) is 18.2. The van der Waals surface area contributed by atoms with Crippen LogP contribution in [0.3, 0.4) is 0 Å². The number of nitrogens with zero attached hydrogens (tertiary/aromatic N) is 4. The van der Waals surface area contributed by atoms with Crippen LogP contribution in [-0.4, -0.2) is 58.3 Å². The molecule has 1 saturated heterocycles. The predicted molar refractivity (Wildman–Crippen MR) is 172 cm³/mol. The molecule has 1 amide bonds. The standard InChI is InChI=1S/C33H37N5O4S2/c1-22-19-24(3)38(35-22)33(40)30-28-16-18-36(20-25-10-5-4-6-11-25)21-29(28)43-32(30)34-31(39)26-12-14-27(15-13-26)44(41,42)37-17-8-7-9-23(37)2/h4-6,10-15,19,23H,7-9,16-18,20-21H2,1-3H3,(H,34,39). The van der Waals surface area contributed by atoms with Gasteiger partial charge in [0.2, 0.25) is 10.0 Å². The Kier molecular flexibility index (Phi) is 8.56. The molecule has 2 aromatic heterocycles. The van der Waals surface area contributed by atoms with Crippen LogP contribution < -0.4 is 5.32 Å². The fraction of sp³-hybridized carbons (Fsp3) is 0.364. The van der Waals surface area contributed by atoms with Crippen molar-refractivity contribution in [3.8, 4) is 0 Å². The minimum absolute atomic E-state index is 0.0524. The zero-order valence-electron chi connectivity index (χ0n) is 25.2. The van der Waals surface area contributed by atoms with E-state index in [2.05, 4.69) is 27.4 Å². The maximum atomic E-state index is 13.9. The lowest BCUT2D eigenvalue weighted by atomic mass is 10.0. The van der Waals surface area contributed by atoms with Gasteiger partial charge in [-0.15, -0.1) is 11.3 Å². The van der Waals surface area contributed by atoms with Crippen LogP contribution in [-0.2, 0) is 29.5 Å². The minimum Gasteiger partial charge on any atom is -0.313 e. The summed E-state index contributed by atoms with van der Waals surface area (Å²) in [6.45, 7) is 8.38. The number of hydrogen-bond donors (Lipinski definition) is 1. The van der Waals surface area contributed by atoms with E-state index in [-0.39, 0.29) is 16.8 Å². The van der Waals surface area contributed by atoms with Gasteiger partial charge in [-0.05, 0) is 81.5 Å². The van der Waals surface area contributed by atoms with Gasteiger partial charge in [0.1, 0.15) is 5.00 Å². The van der Waals surface area contributed by atoms with Gasteiger partial charge in [-0.25, -0.2) is 13.1 Å². The molecule has 0 saturated carbocycles. The fourth-order valence-corrected chi connectivity index (χ4v) is 9.18. The molecule has 0 radical (unpaired) electrons. The number of piperidine rings is 1. The zero-order valence-corrected chi connectivity index (χ0v) is 26.9. The number of sulfonamides is 1. The van der Waals surface area contributed by atoms with Crippen LogP contribution in [0.5, 0.6) is 0 Å². The average molecular weight is 632 g/mol. The van der Waals surface area contributed by atoms with Crippen molar-refractivity contribution >= 4 is 38.2 Å². The van der Waals surface area contributed by atoms with Crippen LogP contribution in [0.4, 0.5) is 5.00 Å². The molecule has 0 bridgehead atoms. The van der Waals surface area contributed by atoms with Crippen molar-refractivity contribution in [2.45, 2.75) is 70.5 Å². The van der Waals surface area contributed by atoms with Crippen LogP contribution >= 0.6 is 11.3 Å². The maximum Gasteiger partial charge on any atom is 0.281 e. The molecule has 2 aliphatic heterocycles. The molecule has 0 aliphatic carbocycles. The molecule has 2 aromatic carbocycles. The van der Waals surface area contributed by atoms with Crippen LogP contribution in [0.25, 0.3) is 0 Å². The first kappa shape index (κ1) is 30.4. The van der Waals surface area contributed by atoms with E-state index in [0.29, 0.717) is 35.6 Å². The number of carbonyl (C=O) groups is 2. The smallest absolute Gasteiger partial charge is 0.281 e. The van der Waals surface area contributed by atoms with Crippen molar-refractivity contribution in [1.29, 1.82) is 0 Å². The molecule has 0 spiro atoms. The number of benzene rings is 2. The van der Waals surface area contributed by atoms with Gasteiger partial charge in [0.25, 0.3) is 11.8 Å². The number of carbonyl (C=O) groups excluding carboxylic acids is 2. The highest BCUT2D eigenvalue weighted by Gasteiger charge is 2.32. The maximum absolute atomic E-state index is 13.9. The number of aromatic nitrogens is 2. The van der Waals surface area contributed by atoms with E-state index in [1.807, 2.05) is 45.0 Å². The first-order chi connectivity index (χ1) is 21.1. The number of nitrogens with one attached hydrogen (secondary N) is 1. The largest absolute Gasteiger partial charge is 0.313 e. The van der Waals surface area contributed by atoms with E-state index in [1.165, 1.54) is 45.8 Å². The second-order valence-electron chi connectivity index (χ2n) is 11.7. The van der Waals surface area contributed by atoms with Crippen LogP contribution in [0.15, 0.2) is 65.6 Å². The number of fused-ring (bicyclic) bond motifs is 1. The second kappa shape index (κ2) is 12.4. The van der Waals surface area contributed by atoms with Crippen molar-refractivity contribution in [3.63, 3.8) is 0 Å². The molecule has 4 aromatic rings. The highest BCUT2D eigenvalue weighted by molar-refractivity contribution is 7.89. The molecule has 230 valence electrons. The van der Waals surface area contributed by atoms with Crippen LogP contribution in [0.2, 0.25) is 0 Å². The molecule has 1 atom stereocenters. The van der Waals surface area contributed by atoms with Crippen LogP contribution in [0.1, 0.15) is 74.3 Å². The third-order valence-electron chi connectivity index (χ3n) is 8.49. The van der Waals surface area contributed by atoms with E-state index in [9.17, 15) is 18.0 Å². The quantitative estimate of drug-likeness (QED) is 0.284. The molecular weight excluding hydrogens is 595 g/mol. The summed E-state index contributed by atoms with van der Waals surface area (Å²) in [7, 11) is -3.65. The molecule has 2 aliphatic rings. The summed E-state index contributed by atoms with van der Waals surface area (Å²) in [5, 5.41) is 7.91. The molecule has 4 heterocycles. The summed E-state index contributed by atoms with van der Waals surface area (Å²) < 4.78 is 29.5. The van der Waals surface area contributed by atoms with Gasteiger partial charge in [-0.1, -0.05) is 36.8 Å². The Morgan fingerprint density at radius 3 is 2.45 bits per heavy atom. The summed E-state index contributed by atoms with van der Waals surface area (Å²) in [5.41, 5.74) is 4.43. The average Bonchev–Trinajstić information content (AvgIpc) is 3.55. The second-order valence-corrected chi connectivity index (χ2v) is 14.7. The van der Waals surface area contributed by atoms with Gasteiger partial charge < -0.3 is 5.32 Å². The molecule has 9 nitrogen and oxygen atoms in total. The summed E-state index contributed by atoms with van der Waals surface area (Å²) in [5.74, 6) is -0.667. The van der Waals surface area contributed by atoms with Gasteiger partial charge in [0, 0.05) is 48.4 Å². The number of amides is 1. The molecule has 1 fully saturated rings. The fourth-order valence-electron chi connectivity index (χ4n) is 6.21. The molecule has 11 heteroatoms. The first-order valence-corrected chi connectivity index (χ1v) is 17.3. The number of anilines is 1. The van der Waals surface area contributed by atoms with Crippen molar-refractivity contribution in [2.24, 2.45) is 0 Å². The van der Waals surface area contributed by atoms with Crippen molar-refractivity contribution in [2.75, 3.05) is 18.4 Å². The Balaban J connectivity index is 1.27. The molecule has 1 N–H and O–H groups in total. The normalized spacial score (nSPS) is 17.8. The highest BCUT2D eigenvalue weighted by atomic mass is 32.2. The predicted octanol–water partition coefficient (Wildman–Crippen LogP) is 5.62. The molecular formula is C33H37N5O4S2. The minimum atomic E-state index is -3.65. The zero-order chi connectivity index (χ0) is 31.0. The third kappa shape index (κ3) is 6.01. The van der Waals surface area contributed by atoms with Gasteiger partial charge in [-0.2, -0.15) is 9.40 Å². The van der Waals surface area contributed by atoms with Gasteiger partial charge in [-0.3, -0.25) is 14.5 Å². The lowest BCUT2D eigenvalue weighted by Gasteiger charge is -2.32. The van der Waals surface area contributed by atoms with Crippen LogP contribution in [0, 0.1) is 13.8 Å².